The second-order valence-corrected chi connectivity index (χ2v) is 5.63. The van der Waals surface area contributed by atoms with Crippen molar-refractivity contribution in [2.75, 3.05) is 13.1 Å². The second-order valence-electron chi connectivity index (χ2n) is 5.63. The molecule has 7 heteroatoms. The van der Waals surface area contributed by atoms with Crippen molar-refractivity contribution in [3.8, 4) is 0 Å². The second kappa shape index (κ2) is 7.81. The lowest BCUT2D eigenvalue weighted by Gasteiger charge is -2.31. The summed E-state index contributed by atoms with van der Waals surface area (Å²) in [6.07, 6.45) is 3.95. The SMILES string of the molecule is Cc1ccn2cc(CNC(=O)C(C)C3CNC3)nc2c1.Cl.Cl. The third-order valence-electron chi connectivity index (χ3n) is 4.04. The maximum absolute atomic E-state index is 12.0. The Balaban J connectivity index is 0.00000121. The number of pyridine rings is 1. The molecule has 1 saturated heterocycles. The van der Waals surface area contributed by atoms with Crippen LogP contribution in [0, 0.1) is 18.8 Å². The fourth-order valence-corrected chi connectivity index (χ4v) is 2.44. The van der Waals surface area contributed by atoms with Crippen LogP contribution in [-0.4, -0.2) is 28.4 Å². The minimum Gasteiger partial charge on any atom is -0.350 e. The number of aryl methyl sites for hydroxylation is 1. The van der Waals surface area contributed by atoms with Crippen LogP contribution in [0.4, 0.5) is 0 Å². The Morgan fingerprint density at radius 2 is 2.23 bits per heavy atom. The molecule has 0 saturated carbocycles. The van der Waals surface area contributed by atoms with Crippen LogP contribution < -0.4 is 10.6 Å². The minimum atomic E-state index is 0. The van der Waals surface area contributed by atoms with E-state index >= 15 is 0 Å². The molecule has 5 nitrogen and oxygen atoms in total. The number of fused-ring (bicyclic) bond motifs is 1. The van der Waals surface area contributed by atoms with Crippen LogP contribution in [0.3, 0.4) is 0 Å². The average molecular weight is 345 g/mol. The normalized spacial score (nSPS) is 15.4. The highest BCUT2D eigenvalue weighted by atomic mass is 35.5. The van der Waals surface area contributed by atoms with Crippen molar-refractivity contribution in [1.82, 2.24) is 20.0 Å². The van der Waals surface area contributed by atoms with E-state index in [1.165, 1.54) is 5.56 Å². The van der Waals surface area contributed by atoms with Crippen molar-refractivity contribution in [2.24, 2.45) is 11.8 Å². The number of rotatable bonds is 4. The van der Waals surface area contributed by atoms with Gasteiger partial charge < -0.3 is 15.0 Å². The van der Waals surface area contributed by atoms with Gasteiger partial charge in [-0.2, -0.15) is 0 Å². The van der Waals surface area contributed by atoms with E-state index in [4.69, 9.17) is 0 Å². The van der Waals surface area contributed by atoms with Gasteiger partial charge in [-0.3, -0.25) is 4.79 Å². The number of carbonyl (C=O) groups is 1. The molecule has 1 fully saturated rings. The molecule has 1 unspecified atom stereocenters. The molecular formula is C15H22Cl2N4O. The zero-order valence-electron chi connectivity index (χ0n) is 12.7. The standard InChI is InChI=1S/C15H20N4O.2ClH/c1-10-3-4-19-9-13(18-14(19)5-10)8-17-15(20)11(2)12-6-16-7-12;;/h3-5,9,11-12,16H,6-8H2,1-2H3,(H,17,20);2*1H. The first-order valence-corrected chi connectivity index (χ1v) is 7.06. The molecule has 0 spiro atoms. The van der Waals surface area contributed by atoms with E-state index in [2.05, 4.69) is 15.6 Å². The third kappa shape index (κ3) is 3.91. The summed E-state index contributed by atoms with van der Waals surface area (Å²) in [5.74, 6) is 0.652. The van der Waals surface area contributed by atoms with E-state index in [0.717, 1.165) is 24.4 Å². The number of carbonyl (C=O) groups excluding carboxylic acids is 1. The van der Waals surface area contributed by atoms with Crippen molar-refractivity contribution < 1.29 is 4.79 Å². The summed E-state index contributed by atoms with van der Waals surface area (Å²) in [4.78, 5) is 16.6. The van der Waals surface area contributed by atoms with Crippen molar-refractivity contribution in [1.29, 1.82) is 0 Å². The number of amides is 1. The van der Waals surface area contributed by atoms with Gasteiger partial charge in [-0.25, -0.2) is 4.98 Å². The van der Waals surface area contributed by atoms with Crippen LogP contribution in [0.2, 0.25) is 0 Å². The van der Waals surface area contributed by atoms with Crippen LogP contribution >= 0.6 is 24.8 Å². The van der Waals surface area contributed by atoms with Crippen molar-refractivity contribution in [3.05, 3.63) is 35.8 Å². The summed E-state index contributed by atoms with van der Waals surface area (Å²) in [6, 6.07) is 4.08. The largest absolute Gasteiger partial charge is 0.350 e. The fraction of sp³-hybridized carbons (Fsp3) is 0.467. The summed E-state index contributed by atoms with van der Waals surface area (Å²) < 4.78 is 1.98. The lowest BCUT2D eigenvalue weighted by atomic mass is 9.88. The molecule has 3 rings (SSSR count). The predicted molar refractivity (Wildman–Crippen MR) is 91.8 cm³/mol. The average Bonchev–Trinajstić information content (AvgIpc) is 2.75. The number of imidazole rings is 1. The highest BCUT2D eigenvalue weighted by molar-refractivity contribution is 5.85. The first-order valence-electron chi connectivity index (χ1n) is 7.06. The molecule has 1 amide bonds. The van der Waals surface area contributed by atoms with Gasteiger partial charge in [-0.05, 0) is 43.6 Å². The zero-order chi connectivity index (χ0) is 14.1. The Morgan fingerprint density at radius 3 is 2.86 bits per heavy atom. The fourth-order valence-electron chi connectivity index (χ4n) is 2.44. The Bertz CT molecular complexity index is 640. The lowest BCUT2D eigenvalue weighted by Crippen LogP contribution is -2.49. The Kier molecular flexibility index (Phi) is 6.66. The van der Waals surface area contributed by atoms with E-state index in [0.29, 0.717) is 12.5 Å². The summed E-state index contributed by atoms with van der Waals surface area (Å²) in [7, 11) is 0. The van der Waals surface area contributed by atoms with Crippen LogP contribution in [0.25, 0.3) is 5.65 Å². The molecular weight excluding hydrogens is 323 g/mol. The van der Waals surface area contributed by atoms with Crippen LogP contribution in [0.1, 0.15) is 18.2 Å². The summed E-state index contributed by atoms with van der Waals surface area (Å²) >= 11 is 0. The van der Waals surface area contributed by atoms with Gasteiger partial charge in [-0.15, -0.1) is 24.8 Å². The van der Waals surface area contributed by atoms with Gasteiger partial charge in [0, 0.05) is 18.3 Å². The number of nitrogens with one attached hydrogen (secondary N) is 2. The molecule has 2 N–H and O–H groups in total. The Hall–Kier alpha value is -1.30. The molecule has 1 aliphatic heterocycles. The van der Waals surface area contributed by atoms with Crippen LogP contribution in [0.15, 0.2) is 24.5 Å². The molecule has 0 radical (unpaired) electrons. The molecule has 0 bridgehead atoms. The van der Waals surface area contributed by atoms with Crippen LogP contribution in [0.5, 0.6) is 0 Å². The number of hydrogen-bond donors (Lipinski definition) is 2. The summed E-state index contributed by atoms with van der Waals surface area (Å²) in [5.41, 5.74) is 3.00. The lowest BCUT2D eigenvalue weighted by molar-refractivity contribution is -0.126. The highest BCUT2D eigenvalue weighted by Gasteiger charge is 2.28. The van der Waals surface area contributed by atoms with Crippen molar-refractivity contribution >= 4 is 36.4 Å². The molecule has 2 aromatic heterocycles. The van der Waals surface area contributed by atoms with E-state index in [1.54, 1.807) is 0 Å². The number of aromatic nitrogens is 2. The molecule has 122 valence electrons. The van der Waals surface area contributed by atoms with Gasteiger partial charge in [0.05, 0.1) is 12.2 Å². The molecule has 0 aromatic carbocycles. The Morgan fingerprint density at radius 1 is 1.50 bits per heavy atom. The van der Waals surface area contributed by atoms with Gasteiger partial charge in [0.2, 0.25) is 5.91 Å². The van der Waals surface area contributed by atoms with Crippen molar-refractivity contribution in [2.45, 2.75) is 20.4 Å². The molecule has 0 aliphatic carbocycles. The predicted octanol–water partition coefficient (Wildman–Crippen LogP) is 1.96. The van der Waals surface area contributed by atoms with E-state index in [1.807, 2.05) is 42.8 Å². The van der Waals surface area contributed by atoms with Gasteiger partial charge in [0.1, 0.15) is 5.65 Å². The first kappa shape index (κ1) is 18.7. The van der Waals surface area contributed by atoms with Gasteiger partial charge in [0.25, 0.3) is 0 Å². The Labute approximate surface area is 142 Å². The third-order valence-corrected chi connectivity index (χ3v) is 4.04. The smallest absolute Gasteiger partial charge is 0.223 e. The van der Waals surface area contributed by atoms with Gasteiger partial charge in [0.15, 0.2) is 0 Å². The number of halogens is 2. The zero-order valence-corrected chi connectivity index (χ0v) is 14.3. The highest BCUT2D eigenvalue weighted by Crippen LogP contribution is 2.16. The summed E-state index contributed by atoms with van der Waals surface area (Å²) in [6.45, 7) is 6.42. The monoisotopic (exact) mass is 344 g/mol. The molecule has 22 heavy (non-hydrogen) atoms. The van der Waals surface area contributed by atoms with E-state index in [-0.39, 0.29) is 36.6 Å². The van der Waals surface area contributed by atoms with E-state index in [9.17, 15) is 4.79 Å². The first-order chi connectivity index (χ1) is 9.63. The molecule has 1 aliphatic rings. The molecule has 1 atom stereocenters. The van der Waals surface area contributed by atoms with E-state index < -0.39 is 0 Å². The molecule has 3 heterocycles. The topological polar surface area (TPSA) is 58.4 Å². The maximum atomic E-state index is 12.0. The van der Waals surface area contributed by atoms with Crippen molar-refractivity contribution in [3.63, 3.8) is 0 Å². The maximum Gasteiger partial charge on any atom is 0.223 e. The number of nitrogens with zero attached hydrogens (tertiary/aromatic N) is 2. The van der Waals surface area contributed by atoms with Gasteiger partial charge in [-0.1, -0.05) is 6.92 Å². The minimum absolute atomic E-state index is 0. The summed E-state index contributed by atoms with van der Waals surface area (Å²) in [5, 5.41) is 6.18. The van der Waals surface area contributed by atoms with Gasteiger partial charge >= 0.3 is 0 Å². The quantitative estimate of drug-likeness (QED) is 0.891. The number of hydrogen-bond acceptors (Lipinski definition) is 3. The molecule has 2 aromatic rings. The van der Waals surface area contributed by atoms with Crippen LogP contribution in [-0.2, 0) is 11.3 Å².